The number of allylic oxidation sites excluding steroid dienone is 2. The van der Waals surface area contributed by atoms with Crippen LogP contribution in [0.4, 0.5) is 4.79 Å². The molecule has 2 heterocycles. The summed E-state index contributed by atoms with van der Waals surface area (Å²) in [6, 6.07) is 4.15. The van der Waals surface area contributed by atoms with E-state index in [0.717, 1.165) is 44.1 Å². The molecular formula is C34H47N5O7. The van der Waals surface area contributed by atoms with E-state index in [1.165, 1.54) is 4.90 Å². The lowest BCUT2D eigenvalue weighted by Gasteiger charge is -2.28. The molecule has 2 aliphatic carbocycles. The fraction of sp³-hybridized carbons (Fsp3) is 0.618. The number of carbonyl (C=O) groups is 4. The lowest BCUT2D eigenvalue weighted by atomic mass is 10.0. The van der Waals surface area contributed by atoms with Gasteiger partial charge in [0.25, 0.3) is 0 Å². The molecule has 0 spiro atoms. The Bertz CT molecular complexity index is 1460. The van der Waals surface area contributed by atoms with Gasteiger partial charge in [-0.25, -0.2) is 4.79 Å². The molecule has 3 fully saturated rings. The minimum Gasteiger partial charge on any atom is -0.445 e. The standard InChI is InChI=1S/C34H47N5O7/c1-20-11-10-14-27-28(20)38-33(45-27)44-23-18-26(29(35)40)39(19-23)31(42)25(37-32(43)46-34(2,3)4)13-9-7-5-6-8-12-21-17-24(21)30(41)36-22-15-16-22/h8,10-12,14,21-26H,5-7,9,13,15-19H2,1-4H3,(H2,35,40)(H,36,41)(H,37,43)/b12-8-/t21-,23-,24+,25+,26+/m1/s1. The fourth-order valence-electron chi connectivity index (χ4n) is 5.89. The molecule has 3 aliphatic rings. The SMILES string of the molecule is Cc1cccc2oc(O[C@@H]3C[C@@H](C(N)=O)N(C(=O)[C@H](CCCCC/C=C\[C@@H]4C[C@@H]4C(=O)NC4CC4)NC(=O)OC(C)(C)C)C3)nc12. The molecule has 12 heteroatoms. The summed E-state index contributed by atoms with van der Waals surface area (Å²) >= 11 is 0. The first kappa shape index (κ1) is 33.3. The zero-order chi connectivity index (χ0) is 33.0. The summed E-state index contributed by atoms with van der Waals surface area (Å²) in [6.07, 6.45) is 9.99. The molecule has 1 aromatic carbocycles. The molecule has 2 aromatic rings. The van der Waals surface area contributed by atoms with Crippen LogP contribution in [-0.4, -0.2) is 70.1 Å². The number of hydrogen-bond acceptors (Lipinski definition) is 8. The molecule has 5 rings (SSSR count). The van der Waals surface area contributed by atoms with Crippen LogP contribution in [0.5, 0.6) is 6.08 Å². The second-order valence-corrected chi connectivity index (χ2v) is 13.8. The molecule has 1 aromatic heterocycles. The number of para-hydroxylation sites is 1. The number of aryl methyl sites for hydroxylation is 1. The number of nitrogens with one attached hydrogen (secondary N) is 2. The number of amides is 4. The average Bonchev–Trinajstić information content (AvgIpc) is 3.87. The van der Waals surface area contributed by atoms with Crippen LogP contribution in [0.15, 0.2) is 34.8 Å². The number of fused-ring (bicyclic) bond motifs is 1. The molecule has 0 unspecified atom stereocenters. The lowest BCUT2D eigenvalue weighted by Crippen LogP contribution is -2.53. The van der Waals surface area contributed by atoms with Crippen LogP contribution in [0.2, 0.25) is 0 Å². The van der Waals surface area contributed by atoms with E-state index in [1.807, 2.05) is 19.1 Å². The highest BCUT2D eigenvalue weighted by Gasteiger charge is 2.44. The molecule has 46 heavy (non-hydrogen) atoms. The number of ether oxygens (including phenoxy) is 2. The van der Waals surface area contributed by atoms with Crippen LogP contribution in [0.1, 0.15) is 84.1 Å². The number of primary amides is 1. The first-order valence-corrected chi connectivity index (χ1v) is 16.5. The monoisotopic (exact) mass is 637 g/mol. The van der Waals surface area contributed by atoms with Crippen molar-refractivity contribution in [1.29, 1.82) is 0 Å². The van der Waals surface area contributed by atoms with E-state index in [2.05, 4.69) is 27.8 Å². The van der Waals surface area contributed by atoms with Gasteiger partial charge in [-0.3, -0.25) is 14.4 Å². The Morgan fingerprint density at radius 3 is 2.63 bits per heavy atom. The van der Waals surface area contributed by atoms with Gasteiger partial charge in [-0.1, -0.05) is 37.1 Å². The number of hydrogen-bond donors (Lipinski definition) is 3. The van der Waals surface area contributed by atoms with Crippen LogP contribution < -0.4 is 21.1 Å². The van der Waals surface area contributed by atoms with E-state index in [0.29, 0.717) is 35.9 Å². The largest absolute Gasteiger partial charge is 0.445 e. The molecular weight excluding hydrogens is 590 g/mol. The molecule has 0 radical (unpaired) electrons. The smallest absolute Gasteiger partial charge is 0.408 e. The summed E-state index contributed by atoms with van der Waals surface area (Å²) < 4.78 is 17.2. The topological polar surface area (TPSA) is 166 Å². The summed E-state index contributed by atoms with van der Waals surface area (Å²) in [7, 11) is 0. The maximum absolute atomic E-state index is 13.9. The third-order valence-electron chi connectivity index (χ3n) is 8.58. The van der Waals surface area contributed by atoms with Gasteiger partial charge in [0.1, 0.15) is 29.3 Å². The third-order valence-corrected chi connectivity index (χ3v) is 8.58. The molecule has 1 aliphatic heterocycles. The van der Waals surface area contributed by atoms with Crippen molar-refractivity contribution < 1.29 is 33.1 Å². The Hall–Kier alpha value is -4.09. The molecule has 4 amide bonds. The molecule has 250 valence electrons. The number of carbonyl (C=O) groups excluding carboxylic acids is 4. The molecule has 5 atom stereocenters. The van der Waals surface area contributed by atoms with E-state index >= 15 is 0 Å². The summed E-state index contributed by atoms with van der Waals surface area (Å²) in [5.41, 5.74) is 7.17. The predicted molar refractivity (Wildman–Crippen MR) is 171 cm³/mol. The van der Waals surface area contributed by atoms with Crippen LogP contribution in [0, 0.1) is 18.8 Å². The van der Waals surface area contributed by atoms with Gasteiger partial charge in [0, 0.05) is 18.4 Å². The maximum Gasteiger partial charge on any atom is 0.408 e. The molecule has 1 saturated heterocycles. The number of nitrogens with zero attached hydrogens (tertiary/aromatic N) is 2. The number of oxazole rings is 1. The van der Waals surface area contributed by atoms with Gasteiger partial charge in [0.15, 0.2) is 5.58 Å². The number of benzene rings is 1. The van der Waals surface area contributed by atoms with Crippen molar-refractivity contribution in [2.45, 2.75) is 115 Å². The maximum atomic E-state index is 13.9. The number of nitrogens with two attached hydrogens (primary N) is 1. The van der Waals surface area contributed by atoms with Gasteiger partial charge >= 0.3 is 12.2 Å². The second kappa shape index (κ2) is 14.1. The molecule has 2 saturated carbocycles. The number of aromatic nitrogens is 1. The van der Waals surface area contributed by atoms with Gasteiger partial charge in [-0.15, -0.1) is 0 Å². The quantitative estimate of drug-likeness (QED) is 0.204. The van der Waals surface area contributed by atoms with Crippen LogP contribution in [0.3, 0.4) is 0 Å². The van der Waals surface area contributed by atoms with E-state index in [4.69, 9.17) is 19.6 Å². The van der Waals surface area contributed by atoms with E-state index in [-0.39, 0.29) is 30.9 Å². The normalized spacial score (nSPS) is 23.3. The summed E-state index contributed by atoms with van der Waals surface area (Å²) in [4.78, 5) is 57.0. The van der Waals surface area contributed by atoms with Crippen molar-refractivity contribution in [2.75, 3.05) is 6.54 Å². The predicted octanol–water partition coefficient (Wildman–Crippen LogP) is 4.28. The van der Waals surface area contributed by atoms with Crippen molar-refractivity contribution in [1.82, 2.24) is 20.5 Å². The number of alkyl carbamates (subject to hydrolysis) is 1. The van der Waals surface area contributed by atoms with Gasteiger partial charge in [-0.2, -0.15) is 4.98 Å². The van der Waals surface area contributed by atoms with Gasteiger partial charge in [-0.05, 0) is 83.8 Å². The first-order valence-electron chi connectivity index (χ1n) is 16.5. The van der Waals surface area contributed by atoms with E-state index in [9.17, 15) is 19.2 Å². The van der Waals surface area contributed by atoms with Gasteiger partial charge in [0.05, 0.1) is 6.54 Å². The van der Waals surface area contributed by atoms with Crippen LogP contribution in [0.25, 0.3) is 11.1 Å². The number of likely N-dealkylation sites (tertiary alicyclic amines) is 1. The Labute approximate surface area is 269 Å². The zero-order valence-electron chi connectivity index (χ0n) is 27.3. The Morgan fingerprint density at radius 2 is 1.93 bits per heavy atom. The highest BCUT2D eigenvalue weighted by Crippen LogP contribution is 2.40. The van der Waals surface area contributed by atoms with Crippen LogP contribution in [-0.2, 0) is 19.1 Å². The van der Waals surface area contributed by atoms with Crippen LogP contribution >= 0.6 is 0 Å². The third kappa shape index (κ3) is 9.01. The van der Waals surface area contributed by atoms with Gasteiger partial charge in [0.2, 0.25) is 17.7 Å². The molecule has 4 N–H and O–H groups in total. The second-order valence-electron chi connectivity index (χ2n) is 13.8. The highest BCUT2D eigenvalue weighted by atomic mass is 16.6. The van der Waals surface area contributed by atoms with Crippen molar-refractivity contribution in [3.63, 3.8) is 0 Å². The summed E-state index contributed by atoms with van der Waals surface area (Å²) in [5, 5.41) is 5.80. The summed E-state index contributed by atoms with van der Waals surface area (Å²) in [5.74, 6) is -0.448. The van der Waals surface area contributed by atoms with Crippen molar-refractivity contribution in [2.24, 2.45) is 17.6 Å². The minimum absolute atomic E-state index is 0.0584. The fourth-order valence-corrected chi connectivity index (χ4v) is 5.89. The number of unbranched alkanes of at least 4 members (excludes halogenated alkanes) is 3. The zero-order valence-corrected chi connectivity index (χ0v) is 27.3. The minimum atomic E-state index is -0.908. The lowest BCUT2D eigenvalue weighted by molar-refractivity contribution is -0.139. The number of rotatable bonds is 14. The Balaban J connectivity index is 1.15. The Kier molecular flexibility index (Phi) is 10.2. The highest BCUT2D eigenvalue weighted by molar-refractivity contribution is 5.91. The van der Waals surface area contributed by atoms with E-state index < -0.39 is 41.7 Å². The van der Waals surface area contributed by atoms with Crippen molar-refractivity contribution >= 4 is 34.9 Å². The van der Waals surface area contributed by atoms with E-state index in [1.54, 1.807) is 26.8 Å². The first-order chi connectivity index (χ1) is 21.9. The van der Waals surface area contributed by atoms with Crippen molar-refractivity contribution in [3.8, 4) is 6.08 Å². The Morgan fingerprint density at radius 1 is 1.15 bits per heavy atom. The molecule has 12 nitrogen and oxygen atoms in total. The summed E-state index contributed by atoms with van der Waals surface area (Å²) in [6.45, 7) is 7.25. The van der Waals surface area contributed by atoms with Gasteiger partial charge < -0.3 is 35.2 Å². The average molecular weight is 638 g/mol. The molecule has 0 bridgehead atoms. The van der Waals surface area contributed by atoms with Crippen molar-refractivity contribution in [3.05, 3.63) is 35.9 Å².